The molecule has 0 bridgehead atoms. The van der Waals surface area contributed by atoms with Gasteiger partial charge in [-0.05, 0) is 17.7 Å². The highest BCUT2D eigenvalue weighted by atomic mass is 16.6. The maximum Gasteiger partial charge on any atom is 0.269 e. The Morgan fingerprint density at radius 2 is 2.20 bits per heavy atom. The number of hydrogen-bond acceptors (Lipinski definition) is 6. The van der Waals surface area contributed by atoms with Crippen LogP contribution >= 0.6 is 0 Å². The fourth-order valence-electron chi connectivity index (χ4n) is 1.36. The molecule has 1 aromatic heterocycles. The second-order valence-electron chi connectivity index (χ2n) is 3.73. The van der Waals surface area contributed by atoms with Crippen LogP contribution in [-0.2, 0) is 11.3 Å². The summed E-state index contributed by atoms with van der Waals surface area (Å²) >= 11 is 0. The molecule has 0 aliphatic heterocycles. The molecule has 0 radical (unpaired) electrons. The molecule has 9 nitrogen and oxygen atoms in total. The van der Waals surface area contributed by atoms with Crippen LogP contribution in [0.4, 0.5) is 5.69 Å². The van der Waals surface area contributed by atoms with Crippen molar-refractivity contribution >= 4 is 17.8 Å². The fraction of sp³-hybridized carbons (Fsp3) is 0.0909. The zero-order chi connectivity index (χ0) is 14.4. The summed E-state index contributed by atoms with van der Waals surface area (Å²) in [5.74, 6) is -0.353. The average molecular weight is 274 g/mol. The minimum atomic E-state index is -0.485. The molecule has 1 N–H and O–H groups in total. The van der Waals surface area contributed by atoms with Gasteiger partial charge in [-0.15, -0.1) is 0 Å². The Hall–Kier alpha value is -3.10. The number of amides is 1. The van der Waals surface area contributed by atoms with E-state index < -0.39 is 4.92 Å². The predicted molar refractivity (Wildman–Crippen MR) is 68.9 cm³/mol. The van der Waals surface area contributed by atoms with Crippen LogP contribution in [0.1, 0.15) is 5.56 Å². The lowest BCUT2D eigenvalue weighted by Gasteiger charge is -1.99. The third-order valence-corrected chi connectivity index (χ3v) is 2.28. The molecule has 2 rings (SSSR count). The minimum Gasteiger partial charge on any atom is -0.271 e. The molecule has 0 unspecified atom stereocenters. The monoisotopic (exact) mass is 274 g/mol. The number of non-ortho nitro benzene ring substituents is 1. The lowest BCUT2D eigenvalue weighted by atomic mass is 10.2. The number of carbonyl (C=O) groups is 1. The molecule has 0 saturated carbocycles. The summed E-state index contributed by atoms with van der Waals surface area (Å²) in [5.41, 5.74) is 2.95. The molecule has 2 aromatic rings. The zero-order valence-corrected chi connectivity index (χ0v) is 10.2. The second kappa shape index (κ2) is 6.18. The van der Waals surface area contributed by atoms with Gasteiger partial charge in [-0.2, -0.15) is 10.2 Å². The smallest absolute Gasteiger partial charge is 0.269 e. The fourth-order valence-corrected chi connectivity index (χ4v) is 1.36. The molecule has 102 valence electrons. The number of nitro groups is 1. The number of rotatable bonds is 5. The van der Waals surface area contributed by atoms with Gasteiger partial charge in [0.05, 0.1) is 11.1 Å². The number of nitrogens with one attached hydrogen (secondary N) is 1. The third kappa shape index (κ3) is 3.70. The molecule has 0 atom stereocenters. The van der Waals surface area contributed by atoms with E-state index in [1.165, 1.54) is 47.8 Å². The standard InChI is InChI=1S/C11H10N6O3/c18-11(6-16-8-12-7-14-16)15-13-5-9-1-3-10(4-2-9)17(19)20/h1-5,7-8H,6H2,(H,15,18)/b13-5+. The van der Waals surface area contributed by atoms with Gasteiger partial charge in [0, 0.05) is 12.1 Å². The first-order valence-corrected chi connectivity index (χ1v) is 5.54. The van der Waals surface area contributed by atoms with Crippen molar-refractivity contribution in [2.24, 2.45) is 5.10 Å². The van der Waals surface area contributed by atoms with Crippen molar-refractivity contribution in [1.82, 2.24) is 20.2 Å². The van der Waals surface area contributed by atoms with Gasteiger partial charge in [0.2, 0.25) is 0 Å². The lowest BCUT2D eigenvalue weighted by Crippen LogP contribution is -2.23. The van der Waals surface area contributed by atoms with E-state index in [2.05, 4.69) is 20.6 Å². The number of benzene rings is 1. The normalized spacial score (nSPS) is 10.6. The average Bonchev–Trinajstić information content (AvgIpc) is 2.92. The van der Waals surface area contributed by atoms with Crippen molar-refractivity contribution in [3.8, 4) is 0 Å². The van der Waals surface area contributed by atoms with Gasteiger partial charge >= 0.3 is 0 Å². The molecular weight excluding hydrogens is 264 g/mol. The summed E-state index contributed by atoms with van der Waals surface area (Å²) in [5, 5.41) is 18.0. The van der Waals surface area contributed by atoms with Crippen LogP contribution in [-0.4, -0.2) is 31.8 Å². The highest BCUT2D eigenvalue weighted by Gasteiger charge is 2.03. The molecule has 0 fully saturated rings. The van der Waals surface area contributed by atoms with E-state index in [1.807, 2.05) is 0 Å². The quantitative estimate of drug-likeness (QED) is 0.479. The molecule has 1 aromatic carbocycles. The van der Waals surface area contributed by atoms with Crippen molar-refractivity contribution in [3.63, 3.8) is 0 Å². The van der Waals surface area contributed by atoms with Crippen molar-refractivity contribution in [2.75, 3.05) is 0 Å². The van der Waals surface area contributed by atoms with E-state index in [1.54, 1.807) is 0 Å². The van der Waals surface area contributed by atoms with Crippen LogP contribution in [0.3, 0.4) is 0 Å². The van der Waals surface area contributed by atoms with E-state index in [4.69, 9.17) is 0 Å². The van der Waals surface area contributed by atoms with E-state index in [0.717, 1.165) is 0 Å². The molecule has 0 spiro atoms. The molecule has 9 heteroatoms. The van der Waals surface area contributed by atoms with Gasteiger partial charge in [0.25, 0.3) is 11.6 Å². The Kier molecular flexibility index (Phi) is 4.12. The van der Waals surface area contributed by atoms with Crippen molar-refractivity contribution in [1.29, 1.82) is 0 Å². The van der Waals surface area contributed by atoms with Gasteiger partial charge in [0.1, 0.15) is 19.2 Å². The minimum absolute atomic E-state index is 0.00244. The number of hydrogen-bond donors (Lipinski definition) is 1. The van der Waals surface area contributed by atoms with E-state index in [-0.39, 0.29) is 18.1 Å². The predicted octanol–water partition coefficient (Wildman–Crippen LogP) is 0.337. The first-order valence-electron chi connectivity index (χ1n) is 5.54. The van der Waals surface area contributed by atoms with Gasteiger partial charge in [-0.1, -0.05) is 0 Å². The molecule has 0 aliphatic carbocycles. The zero-order valence-electron chi connectivity index (χ0n) is 10.2. The van der Waals surface area contributed by atoms with Gasteiger partial charge in [-0.25, -0.2) is 15.1 Å². The van der Waals surface area contributed by atoms with Crippen molar-refractivity contribution in [2.45, 2.75) is 6.54 Å². The third-order valence-electron chi connectivity index (χ3n) is 2.28. The Morgan fingerprint density at radius 1 is 1.45 bits per heavy atom. The summed E-state index contributed by atoms with van der Waals surface area (Å²) in [6, 6.07) is 5.79. The Morgan fingerprint density at radius 3 is 2.80 bits per heavy atom. The first-order chi connectivity index (χ1) is 9.65. The largest absolute Gasteiger partial charge is 0.271 e. The summed E-state index contributed by atoms with van der Waals surface area (Å²) in [4.78, 5) is 25.1. The lowest BCUT2D eigenvalue weighted by molar-refractivity contribution is -0.384. The molecule has 0 saturated heterocycles. The van der Waals surface area contributed by atoms with Gasteiger partial charge in [-0.3, -0.25) is 14.9 Å². The van der Waals surface area contributed by atoms with Crippen LogP contribution in [0.25, 0.3) is 0 Å². The van der Waals surface area contributed by atoms with E-state index >= 15 is 0 Å². The summed E-state index contributed by atoms with van der Waals surface area (Å²) in [7, 11) is 0. The number of hydrazone groups is 1. The molecular formula is C11H10N6O3. The molecule has 20 heavy (non-hydrogen) atoms. The van der Waals surface area contributed by atoms with Crippen molar-refractivity contribution in [3.05, 3.63) is 52.6 Å². The summed E-state index contributed by atoms with van der Waals surface area (Å²) in [6.07, 6.45) is 4.13. The maximum absolute atomic E-state index is 11.4. The maximum atomic E-state index is 11.4. The van der Waals surface area contributed by atoms with Crippen molar-refractivity contribution < 1.29 is 9.72 Å². The second-order valence-corrected chi connectivity index (χ2v) is 3.73. The highest BCUT2D eigenvalue weighted by Crippen LogP contribution is 2.10. The Labute approximate surface area is 113 Å². The van der Waals surface area contributed by atoms with Crippen LogP contribution in [0.15, 0.2) is 42.0 Å². The molecule has 1 amide bonds. The number of nitro benzene ring substituents is 1. The van der Waals surface area contributed by atoms with Crippen LogP contribution in [0.2, 0.25) is 0 Å². The number of nitrogens with zero attached hydrogens (tertiary/aromatic N) is 5. The van der Waals surface area contributed by atoms with Crippen LogP contribution in [0, 0.1) is 10.1 Å². The Balaban J connectivity index is 1.86. The Bertz CT molecular complexity index is 620. The van der Waals surface area contributed by atoms with Crippen LogP contribution in [0.5, 0.6) is 0 Å². The van der Waals surface area contributed by atoms with E-state index in [9.17, 15) is 14.9 Å². The highest BCUT2D eigenvalue weighted by molar-refractivity contribution is 5.82. The first kappa shape index (κ1) is 13.3. The topological polar surface area (TPSA) is 115 Å². The van der Waals surface area contributed by atoms with E-state index in [0.29, 0.717) is 5.56 Å². The van der Waals surface area contributed by atoms with Gasteiger partial charge in [0.15, 0.2) is 0 Å². The number of aromatic nitrogens is 3. The summed E-state index contributed by atoms with van der Waals surface area (Å²) in [6.45, 7) is 0.0115. The molecule has 1 heterocycles. The number of carbonyl (C=O) groups excluding carboxylic acids is 1. The SMILES string of the molecule is O=C(Cn1cncn1)N/N=C/c1ccc([N+](=O)[O-])cc1. The summed E-state index contributed by atoms with van der Waals surface area (Å²) < 4.78 is 1.36. The van der Waals surface area contributed by atoms with Crippen LogP contribution < -0.4 is 5.43 Å². The van der Waals surface area contributed by atoms with Gasteiger partial charge < -0.3 is 0 Å². The molecule has 0 aliphatic rings.